The van der Waals surface area contributed by atoms with Crippen molar-refractivity contribution >= 4 is 18.0 Å². The van der Waals surface area contributed by atoms with Gasteiger partial charge in [0.2, 0.25) is 0 Å². The highest BCUT2D eigenvalue weighted by atomic mass is 32.2. The van der Waals surface area contributed by atoms with Crippen LogP contribution < -0.4 is 10.0 Å². The van der Waals surface area contributed by atoms with Crippen molar-refractivity contribution in [3.8, 4) is 5.69 Å². The third kappa shape index (κ3) is 4.99. The summed E-state index contributed by atoms with van der Waals surface area (Å²) < 4.78 is 10.3. The van der Waals surface area contributed by atoms with E-state index < -0.39 is 0 Å². The number of carbonyl (C=O) groups excluding carboxylic acids is 1. The van der Waals surface area contributed by atoms with E-state index in [2.05, 4.69) is 39.2 Å². The Bertz CT molecular complexity index is 1110. The SMILES string of the molecule is COCCN1C[C@@H](NC(=O)NSc2c3c(nn2-c2ccccc2)CCC3)[C@H](c2ccccc2)C1. The molecule has 1 saturated heterocycles. The van der Waals surface area contributed by atoms with Crippen molar-refractivity contribution in [2.45, 2.75) is 36.2 Å². The van der Waals surface area contributed by atoms with E-state index in [4.69, 9.17) is 9.84 Å². The molecule has 0 spiro atoms. The number of benzene rings is 2. The Morgan fingerprint density at radius 2 is 1.85 bits per heavy atom. The molecule has 8 heteroatoms. The number of nitrogens with zero attached hydrogens (tertiary/aromatic N) is 3. The Labute approximate surface area is 205 Å². The van der Waals surface area contributed by atoms with E-state index in [1.807, 2.05) is 41.1 Å². The van der Waals surface area contributed by atoms with Gasteiger partial charge in [-0.2, -0.15) is 5.10 Å². The molecular weight excluding hydrogens is 446 g/mol. The number of amides is 2. The van der Waals surface area contributed by atoms with Gasteiger partial charge in [-0.1, -0.05) is 48.5 Å². The second-order valence-electron chi connectivity index (χ2n) is 8.88. The molecule has 2 aliphatic rings. The highest BCUT2D eigenvalue weighted by Gasteiger charge is 2.34. The number of hydrogen-bond acceptors (Lipinski definition) is 5. The van der Waals surface area contributed by atoms with Gasteiger partial charge in [0, 0.05) is 50.2 Å². The molecular formula is C26H31N5O2S. The molecule has 2 amide bonds. The Morgan fingerprint density at radius 3 is 2.62 bits per heavy atom. The van der Waals surface area contributed by atoms with Crippen LogP contribution >= 0.6 is 11.9 Å². The number of aromatic nitrogens is 2. The van der Waals surface area contributed by atoms with Gasteiger partial charge in [0.25, 0.3) is 0 Å². The number of nitrogens with one attached hydrogen (secondary N) is 2. The fraction of sp³-hybridized carbons (Fsp3) is 0.385. The van der Waals surface area contributed by atoms with Crippen LogP contribution in [0.1, 0.15) is 29.2 Å². The maximum atomic E-state index is 13.0. The average molecular weight is 478 g/mol. The van der Waals surface area contributed by atoms with Gasteiger partial charge < -0.3 is 10.1 Å². The van der Waals surface area contributed by atoms with Crippen LogP contribution in [0.5, 0.6) is 0 Å². The van der Waals surface area contributed by atoms with Gasteiger partial charge >= 0.3 is 6.03 Å². The van der Waals surface area contributed by atoms with Crippen molar-refractivity contribution in [2.75, 3.05) is 33.4 Å². The maximum absolute atomic E-state index is 13.0. The van der Waals surface area contributed by atoms with Gasteiger partial charge in [0.1, 0.15) is 5.03 Å². The van der Waals surface area contributed by atoms with Crippen molar-refractivity contribution in [2.24, 2.45) is 0 Å². The van der Waals surface area contributed by atoms with Crippen LogP contribution in [0.2, 0.25) is 0 Å². The molecule has 7 nitrogen and oxygen atoms in total. The summed E-state index contributed by atoms with van der Waals surface area (Å²) in [5, 5.41) is 9.08. The number of carbonyl (C=O) groups is 1. The third-order valence-electron chi connectivity index (χ3n) is 6.65. The average Bonchev–Trinajstić information content (AvgIpc) is 3.57. The number of likely N-dealkylation sites (tertiary alicyclic amines) is 1. The number of para-hydroxylation sites is 1. The summed E-state index contributed by atoms with van der Waals surface area (Å²) in [5.74, 6) is 0.243. The summed E-state index contributed by atoms with van der Waals surface area (Å²) in [6.45, 7) is 3.25. The Kier molecular flexibility index (Phi) is 7.18. The summed E-state index contributed by atoms with van der Waals surface area (Å²) in [6.07, 6.45) is 3.11. The summed E-state index contributed by atoms with van der Waals surface area (Å²) in [7, 11) is 1.72. The molecule has 178 valence electrons. The summed E-state index contributed by atoms with van der Waals surface area (Å²) >= 11 is 1.36. The molecule has 2 atom stereocenters. The van der Waals surface area contributed by atoms with Crippen LogP contribution in [0.25, 0.3) is 5.69 Å². The topological polar surface area (TPSA) is 71.4 Å². The largest absolute Gasteiger partial charge is 0.383 e. The summed E-state index contributed by atoms with van der Waals surface area (Å²) in [6, 6.07) is 20.4. The minimum atomic E-state index is -0.169. The van der Waals surface area contributed by atoms with Crippen LogP contribution in [0, 0.1) is 0 Å². The lowest BCUT2D eigenvalue weighted by Gasteiger charge is -2.20. The second-order valence-corrected chi connectivity index (χ2v) is 9.68. The number of urea groups is 1. The third-order valence-corrected chi connectivity index (χ3v) is 7.55. The number of fused-ring (bicyclic) bond motifs is 1. The lowest BCUT2D eigenvalue weighted by Crippen LogP contribution is -2.43. The fourth-order valence-corrected chi connectivity index (χ4v) is 5.80. The first kappa shape index (κ1) is 23.0. The zero-order chi connectivity index (χ0) is 23.3. The molecule has 2 heterocycles. The fourth-order valence-electron chi connectivity index (χ4n) is 4.98. The van der Waals surface area contributed by atoms with Crippen molar-refractivity contribution in [1.29, 1.82) is 0 Å². The zero-order valence-electron chi connectivity index (χ0n) is 19.4. The molecule has 1 aromatic heterocycles. The van der Waals surface area contributed by atoms with Crippen molar-refractivity contribution in [3.63, 3.8) is 0 Å². The van der Waals surface area contributed by atoms with Crippen LogP contribution in [-0.2, 0) is 17.6 Å². The van der Waals surface area contributed by atoms with Gasteiger partial charge in [-0.05, 0) is 37.0 Å². The highest BCUT2D eigenvalue weighted by molar-refractivity contribution is 7.98. The molecule has 3 aromatic rings. The normalized spacial score (nSPS) is 19.8. The van der Waals surface area contributed by atoms with Crippen LogP contribution in [0.3, 0.4) is 0 Å². The predicted molar refractivity (Wildman–Crippen MR) is 134 cm³/mol. The monoisotopic (exact) mass is 477 g/mol. The van der Waals surface area contributed by atoms with Gasteiger partial charge in [0.15, 0.2) is 0 Å². The Balaban J connectivity index is 1.28. The van der Waals surface area contributed by atoms with Crippen molar-refractivity contribution in [1.82, 2.24) is 24.7 Å². The first-order valence-corrected chi connectivity index (χ1v) is 12.7. The van der Waals surface area contributed by atoms with E-state index in [0.29, 0.717) is 6.61 Å². The van der Waals surface area contributed by atoms with Gasteiger partial charge in [-0.25, -0.2) is 9.48 Å². The molecule has 0 saturated carbocycles. The second kappa shape index (κ2) is 10.6. The van der Waals surface area contributed by atoms with Crippen LogP contribution in [-0.4, -0.2) is 60.1 Å². The van der Waals surface area contributed by atoms with E-state index >= 15 is 0 Å². The van der Waals surface area contributed by atoms with Gasteiger partial charge in [0.05, 0.1) is 24.0 Å². The highest BCUT2D eigenvalue weighted by Crippen LogP contribution is 2.33. The standard InChI is InChI=1S/C26H31N5O2S/c1-33-16-15-30-17-22(19-9-4-2-5-10-19)24(18-30)27-26(32)29-34-25-21-13-8-14-23(21)28-31(25)20-11-6-3-7-12-20/h2-7,9-12,22,24H,8,13-18H2,1H3,(H2,27,29,32)/t22-,24+/m0/s1. The van der Waals surface area contributed by atoms with Gasteiger partial charge in [-0.3, -0.25) is 9.62 Å². The van der Waals surface area contributed by atoms with E-state index in [-0.39, 0.29) is 18.0 Å². The summed E-state index contributed by atoms with van der Waals surface area (Å²) in [4.78, 5) is 15.4. The van der Waals surface area contributed by atoms with Crippen molar-refractivity contribution in [3.05, 3.63) is 77.5 Å². The number of rotatable bonds is 8. The Morgan fingerprint density at radius 1 is 1.09 bits per heavy atom. The molecule has 2 N–H and O–H groups in total. The molecule has 5 rings (SSSR count). The molecule has 2 aromatic carbocycles. The lowest BCUT2D eigenvalue weighted by atomic mass is 9.94. The van der Waals surface area contributed by atoms with E-state index in [1.165, 1.54) is 23.1 Å². The number of ether oxygens (including phenoxy) is 1. The molecule has 0 radical (unpaired) electrons. The first-order chi connectivity index (χ1) is 16.7. The smallest absolute Gasteiger partial charge is 0.325 e. The van der Waals surface area contributed by atoms with Crippen LogP contribution in [0.4, 0.5) is 4.79 Å². The minimum Gasteiger partial charge on any atom is -0.383 e. The lowest BCUT2D eigenvalue weighted by molar-refractivity contribution is 0.159. The number of aryl methyl sites for hydroxylation is 1. The minimum absolute atomic E-state index is 0.0320. The molecule has 1 fully saturated rings. The predicted octanol–water partition coefficient (Wildman–Crippen LogP) is 3.78. The van der Waals surface area contributed by atoms with Crippen molar-refractivity contribution < 1.29 is 9.53 Å². The van der Waals surface area contributed by atoms with Gasteiger partial charge in [-0.15, -0.1) is 0 Å². The molecule has 34 heavy (non-hydrogen) atoms. The molecule has 1 aliphatic carbocycles. The zero-order valence-corrected chi connectivity index (χ0v) is 20.3. The molecule has 0 bridgehead atoms. The molecule has 1 aliphatic heterocycles. The van der Waals surface area contributed by atoms with E-state index in [1.54, 1.807) is 7.11 Å². The quantitative estimate of drug-likeness (QED) is 0.483. The van der Waals surface area contributed by atoms with E-state index in [9.17, 15) is 4.79 Å². The Hall–Kier alpha value is -2.81. The number of methoxy groups -OCH3 is 1. The van der Waals surface area contributed by atoms with Crippen LogP contribution in [0.15, 0.2) is 65.7 Å². The molecule has 0 unspecified atom stereocenters. The summed E-state index contributed by atoms with van der Waals surface area (Å²) in [5.41, 5.74) is 4.65. The number of hydrogen-bond donors (Lipinski definition) is 2. The maximum Gasteiger partial charge on any atom is 0.325 e. The first-order valence-electron chi connectivity index (χ1n) is 11.9. The van der Waals surface area contributed by atoms with E-state index in [0.717, 1.165) is 55.3 Å².